The molecule has 3 unspecified atom stereocenters. The zero-order valence-electron chi connectivity index (χ0n) is 20.7. The minimum absolute atomic E-state index is 0.0957. The lowest BCUT2D eigenvalue weighted by molar-refractivity contribution is -0.260. The molecule has 2 fully saturated rings. The van der Waals surface area contributed by atoms with Crippen LogP contribution in [0.2, 0.25) is 10.0 Å². The first-order chi connectivity index (χ1) is 18.0. The summed E-state index contributed by atoms with van der Waals surface area (Å²) in [5, 5.41) is 3.53. The molecule has 2 heterocycles. The summed E-state index contributed by atoms with van der Waals surface area (Å²) in [6.45, 7) is -0.142. The lowest BCUT2D eigenvalue weighted by Crippen LogP contribution is -2.64. The van der Waals surface area contributed by atoms with Crippen LogP contribution >= 0.6 is 23.2 Å². The van der Waals surface area contributed by atoms with Gasteiger partial charge in [0.2, 0.25) is 0 Å². The Kier molecular flexibility index (Phi) is 9.56. The van der Waals surface area contributed by atoms with Gasteiger partial charge in [0.15, 0.2) is 0 Å². The third kappa shape index (κ3) is 6.97. The zero-order chi connectivity index (χ0) is 27.5. The molecule has 2 saturated heterocycles. The van der Waals surface area contributed by atoms with Gasteiger partial charge in [0.1, 0.15) is 0 Å². The van der Waals surface area contributed by atoms with Crippen LogP contribution in [0.25, 0.3) is 0 Å². The Morgan fingerprint density at radius 2 is 1.42 bits per heavy atom. The SMILES string of the molecule is FC(F)(F)C1CN(C(CNCc2ccccc2)c2cccc(Cl)c2Cl)CC(C(F)(F)F)C1N1CCCCC1. The molecular formula is C27H31Cl2F6N3. The number of halogens is 8. The third-order valence-electron chi connectivity index (χ3n) is 7.63. The number of likely N-dealkylation sites (tertiary alicyclic amines) is 2. The van der Waals surface area contributed by atoms with Crippen LogP contribution in [0.4, 0.5) is 26.3 Å². The zero-order valence-corrected chi connectivity index (χ0v) is 22.2. The van der Waals surface area contributed by atoms with Gasteiger partial charge >= 0.3 is 12.4 Å². The lowest BCUT2D eigenvalue weighted by atomic mass is 9.79. The molecule has 0 amide bonds. The highest BCUT2D eigenvalue weighted by molar-refractivity contribution is 6.42. The predicted octanol–water partition coefficient (Wildman–Crippen LogP) is 7.35. The molecule has 2 aromatic rings. The van der Waals surface area contributed by atoms with E-state index in [2.05, 4.69) is 5.32 Å². The van der Waals surface area contributed by atoms with Crippen molar-refractivity contribution in [3.63, 3.8) is 0 Å². The number of nitrogens with zero attached hydrogens (tertiary/aromatic N) is 2. The van der Waals surface area contributed by atoms with Gasteiger partial charge in [-0.05, 0) is 43.1 Å². The molecule has 38 heavy (non-hydrogen) atoms. The second kappa shape index (κ2) is 12.3. The fourth-order valence-electron chi connectivity index (χ4n) is 5.81. The standard InChI is InChI=1S/C27H31Cl2F6N3/c28-22-11-7-10-19(24(22)29)23(15-36-14-18-8-3-1-4-9-18)38-16-20(26(30,31)32)25(21(17-38)27(33,34)35)37-12-5-2-6-13-37/h1,3-4,7-11,20-21,23,25,36H,2,5-6,12-17H2. The van der Waals surface area contributed by atoms with Gasteiger partial charge in [-0.15, -0.1) is 0 Å². The average Bonchev–Trinajstić information content (AvgIpc) is 2.88. The van der Waals surface area contributed by atoms with Gasteiger partial charge in [0.05, 0.1) is 21.9 Å². The molecular weight excluding hydrogens is 551 g/mol. The maximum absolute atomic E-state index is 14.5. The number of hydrogen-bond donors (Lipinski definition) is 1. The molecule has 3 nitrogen and oxygen atoms in total. The molecule has 0 saturated carbocycles. The summed E-state index contributed by atoms with van der Waals surface area (Å²) in [5.74, 6) is -4.31. The molecule has 0 bridgehead atoms. The van der Waals surface area contributed by atoms with Gasteiger partial charge < -0.3 is 5.32 Å². The second-order valence-electron chi connectivity index (χ2n) is 10.1. The molecule has 3 atom stereocenters. The molecule has 1 N–H and O–H groups in total. The van der Waals surface area contributed by atoms with E-state index in [0.717, 1.165) is 12.0 Å². The number of alkyl halides is 6. The summed E-state index contributed by atoms with van der Waals surface area (Å²) < 4.78 is 86.9. The third-order valence-corrected chi connectivity index (χ3v) is 8.46. The number of nitrogens with one attached hydrogen (secondary N) is 1. The van der Waals surface area contributed by atoms with E-state index >= 15 is 0 Å². The number of benzene rings is 2. The van der Waals surface area contributed by atoms with E-state index in [-0.39, 0.29) is 29.7 Å². The van der Waals surface area contributed by atoms with Gasteiger partial charge in [0, 0.05) is 38.3 Å². The molecule has 2 aliphatic heterocycles. The van der Waals surface area contributed by atoms with Crippen molar-refractivity contribution in [3.05, 3.63) is 69.7 Å². The van der Waals surface area contributed by atoms with Gasteiger partial charge in [-0.1, -0.05) is 72.1 Å². The molecule has 0 aromatic heterocycles. The first-order valence-electron chi connectivity index (χ1n) is 12.8. The summed E-state index contributed by atoms with van der Waals surface area (Å²) in [7, 11) is 0. The highest BCUT2D eigenvalue weighted by Crippen LogP contribution is 2.47. The molecule has 4 rings (SSSR count). The van der Waals surface area contributed by atoms with Crippen molar-refractivity contribution in [2.24, 2.45) is 11.8 Å². The first kappa shape index (κ1) is 29.5. The minimum Gasteiger partial charge on any atom is -0.311 e. The van der Waals surface area contributed by atoms with Crippen LogP contribution < -0.4 is 5.32 Å². The van der Waals surface area contributed by atoms with E-state index in [1.807, 2.05) is 30.3 Å². The van der Waals surface area contributed by atoms with Crippen molar-refractivity contribution in [3.8, 4) is 0 Å². The van der Waals surface area contributed by atoms with Gasteiger partial charge in [-0.3, -0.25) is 9.80 Å². The molecule has 210 valence electrons. The first-order valence-corrected chi connectivity index (χ1v) is 13.5. The largest absolute Gasteiger partial charge is 0.394 e. The van der Waals surface area contributed by atoms with Crippen molar-refractivity contribution >= 4 is 23.2 Å². The van der Waals surface area contributed by atoms with E-state index < -0.39 is 49.4 Å². The average molecular weight is 582 g/mol. The fourth-order valence-corrected chi connectivity index (χ4v) is 6.25. The summed E-state index contributed by atoms with van der Waals surface area (Å²) in [5.41, 5.74) is 1.34. The maximum Gasteiger partial charge on any atom is 0.394 e. The summed E-state index contributed by atoms with van der Waals surface area (Å²) >= 11 is 12.7. The van der Waals surface area contributed by atoms with E-state index in [0.29, 0.717) is 24.9 Å². The van der Waals surface area contributed by atoms with Crippen LogP contribution in [0.3, 0.4) is 0 Å². The molecule has 11 heteroatoms. The Balaban J connectivity index is 1.69. The van der Waals surface area contributed by atoms with Gasteiger partial charge in [-0.25, -0.2) is 0 Å². The predicted molar refractivity (Wildman–Crippen MR) is 137 cm³/mol. The van der Waals surface area contributed by atoms with Crippen molar-refractivity contribution in [1.29, 1.82) is 0 Å². The molecule has 2 aliphatic rings. The van der Waals surface area contributed by atoms with Crippen LogP contribution in [0.1, 0.15) is 36.4 Å². The Morgan fingerprint density at radius 1 is 0.816 bits per heavy atom. The van der Waals surface area contributed by atoms with Crippen molar-refractivity contribution in [1.82, 2.24) is 15.1 Å². The minimum atomic E-state index is -4.80. The highest BCUT2D eigenvalue weighted by Gasteiger charge is 2.60. The molecule has 0 aliphatic carbocycles. The van der Waals surface area contributed by atoms with E-state index in [1.54, 1.807) is 18.2 Å². The summed E-state index contributed by atoms with van der Waals surface area (Å²) in [6.07, 6.45) is -7.60. The van der Waals surface area contributed by atoms with Crippen molar-refractivity contribution in [2.75, 3.05) is 32.7 Å². The molecule has 0 radical (unpaired) electrons. The highest BCUT2D eigenvalue weighted by atomic mass is 35.5. The summed E-state index contributed by atoms with van der Waals surface area (Å²) in [6, 6.07) is 11.6. The van der Waals surface area contributed by atoms with Gasteiger partial charge in [-0.2, -0.15) is 26.3 Å². The van der Waals surface area contributed by atoms with Crippen molar-refractivity contribution < 1.29 is 26.3 Å². The molecule has 2 aromatic carbocycles. The van der Waals surface area contributed by atoms with Crippen LogP contribution in [0.5, 0.6) is 0 Å². The Labute approximate surface area is 229 Å². The quantitative estimate of drug-likeness (QED) is 0.345. The fraction of sp³-hybridized carbons (Fsp3) is 0.556. The van der Waals surface area contributed by atoms with E-state index in [9.17, 15) is 26.3 Å². The van der Waals surface area contributed by atoms with Crippen LogP contribution in [-0.4, -0.2) is 60.9 Å². The van der Waals surface area contributed by atoms with Crippen molar-refractivity contribution in [2.45, 2.75) is 50.2 Å². The van der Waals surface area contributed by atoms with Crippen LogP contribution in [0.15, 0.2) is 48.5 Å². The summed E-state index contributed by atoms with van der Waals surface area (Å²) in [4.78, 5) is 2.72. The van der Waals surface area contributed by atoms with Crippen LogP contribution in [0, 0.1) is 11.8 Å². The second-order valence-corrected chi connectivity index (χ2v) is 10.9. The Morgan fingerprint density at radius 3 is 2.00 bits per heavy atom. The topological polar surface area (TPSA) is 18.5 Å². The number of hydrogen-bond acceptors (Lipinski definition) is 3. The van der Waals surface area contributed by atoms with E-state index in [1.165, 1.54) is 9.80 Å². The monoisotopic (exact) mass is 581 g/mol. The molecule has 0 spiro atoms. The van der Waals surface area contributed by atoms with E-state index in [4.69, 9.17) is 23.2 Å². The number of rotatable bonds is 7. The lowest BCUT2D eigenvalue weighted by Gasteiger charge is -2.51. The normalized spacial score (nSPS) is 24.9. The van der Waals surface area contributed by atoms with Gasteiger partial charge in [0.25, 0.3) is 0 Å². The Bertz CT molecular complexity index is 1020. The van der Waals surface area contributed by atoms with Crippen LogP contribution in [-0.2, 0) is 6.54 Å². The maximum atomic E-state index is 14.5. The Hall–Kier alpha value is -1.52. The smallest absolute Gasteiger partial charge is 0.311 e. The number of piperidine rings is 2.